The van der Waals surface area contributed by atoms with Crippen LogP contribution in [0.2, 0.25) is 0 Å². The van der Waals surface area contributed by atoms with Crippen molar-refractivity contribution in [3.63, 3.8) is 0 Å². The Labute approximate surface area is 77.0 Å². The lowest BCUT2D eigenvalue weighted by molar-refractivity contribution is 0.553. The molecule has 0 saturated heterocycles. The molecule has 2 aromatic rings. The van der Waals surface area contributed by atoms with Crippen molar-refractivity contribution in [3.8, 4) is 0 Å². The fraction of sp³-hybridized carbons (Fsp3) is 0.300. The quantitative estimate of drug-likeness (QED) is 0.693. The number of aromatic nitrogens is 2. The van der Waals surface area contributed by atoms with Crippen LogP contribution in [-0.2, 0) is 5.54 Å². The van der Waals surface area contributed by atoms with E-state index in [0.717, 1.165) is 16.6 Å². The van der Waals surface area contributed by atoms with E-state index in [4.69, 9.17) is 5.73 Å². The van der Waals surface area contributed by atoms with E-state index < -0.39 is 0 Å². The first-order valence-corrected chi connectivity index (χ1v) is 4.30. The molecule has 0 atom stereocenters. The highest BCUT2D eigenvalue weighted by atomic mass is 14.8. The number of nitrogens with two attached hydrogens (primary N) is 1. The van der Waals surface area contributed by atoms with Crippen molar-refractivity contribution >= 4 is 11.0 Å². The first-order valence-electron chi connectivity index (χ1n) is 4.30. The maximum absolute atomic E-state index is 5.97. The predicted octanol–water partition coefficient (Wildman–Crippen LogP) is 1.76. The average Bonchev–Trinajstić information content (AvgIpc) is 2.47. The highest BCUT2D eigenvalue weighted by Gasteiger charge is 2.14. The van der Waals surface area contributed by atoms with E-state index in [9.17, 15) is 0 Å². The molecule has 0 saturated carbocycles. The summed E-state index contributed by atoms with van der Waals surface area (Å²) >= 11 is 0. The fourth-order valence-electron chi connectivity index (χ4n) is 1.29. The molecule has 0 fully saturated rings. The summed E-state index contributed by atoms with van der Waals surface area (Å²) in [6.07, 6.45) is 3.70. The van der Waals surface area contributed by atoms with E-state index in [1.807, 2.05) is 32.3 Å². The number of pyridine rings is 1. The third kappa shape index (κ3) is 1.42. The maximum Gasteiger partial charge on any atom is 0.137 e. The monoisotopic (exact) mass is 175 g/mol. The van der Waals surface area contributed by atoms with Crippen molar-refractivity contribution in [2.45, 2.75) is 19.4 Å². The number of rotatable bonds is 1. The van der Waals surface area contributed by atoms with E-state index in [-0.39, 0.29) is 5.54 Å². The Morgan fingerprint density at radius 1 is 1.46 bits per heavy atom. The van der Waals surface area contributed by atoms with Crippen LogP contribution in [-0.4, -0.2) is 9.97 Å². The molecule has 0 bridgehead atoms. The van der Waals surface area contributed by atoms with Gasteiger partial charge in [-0.05, 0) is 31.5 Å². The van der Waals surface area contributed by atoms with Gasteiger partial charge in [-0.15, -0.1) is 0 Å². The summed E-state index contributed by atoms with van der Waals surface area (Å²) in [4.78, 5) is 7.32. The molecule has 2 aromatic heterocycles. The fourth-order valence-corrected chi connectivity index (χ4v) is 1.29. The molecule has 0 aromatic carbocycles. The van der Waals surface area contributed by atoms with Gasteiger partial charge < -0.3 is 10.7 Å². The van der Waals surface area contributed by atoms with Gasteiger partial charge in [-0.3, -0.25) is 0 Å². The van der Waals surface area contributed by atoms with Crippen LogP contribution in [0.5, 0.6) is 0 Å². The van der Waals surface area contributed by atoms with Crippen molar-refractivity contribution < 1.29 is 0 Å². The Kier molecular flexibility index (Phi) is 1.63. The first-order chi connectivity index (χ1) is 6.07. The SMILES string of the molecule is CC(C)(N)c1cnc2[nH]ccc2c1. The Balaban J connectivity index is 2.61. The number of aromatic amines is 1. The second-order valence-electron chi connectivity index (χ2n) is 3.86. The summed E-state index contributed by atoms with van der Waals surface area (Å²) in [7, 11) is 0. The molecule has 0 radical (unpaired) electrons. The van der Waals surface area contributed by atoms with Crippen molar-refractivity contribution in [3.05, 3.63) is 30.1 Å². The summed E-state index contributed by atoms with van der Waals surface area (Å²) in [5.41, 5.74) is 7.61. The second kappa shape index (κ2) is 2.57. The van der Waals surface area contributed by atoms with E-state index in [2.05, 4.69) is 16.0 Å². The van der Waals surface area contributed by atoms with Gasteiger partial charge in [-0.25, -0.2) is 4.98 Å². The number of H-pyrrole nitrogens is 1. The Morgan fingerprint density at radius 2 is 2.23 bits per heavy atom. The van der Waals surface area contributed by atoms with Crippen LogP contribution < -0.4 is 5.73 Å². The molecule has 2 heterocycles. The summed E-state index contributed by atoms with van der Waals surface area (Å²) in [6, 6.07) is 4.07. The number of nitrogens with zero attached hydrogens (tertiary/aromatic N) is 1. The van der Waals surface area contributed by atoms with Crippen LogP contribution in [0.15, 0.2) is 24.5 Å². The average molecular weight is 175 g/mol. The third-order valence-electron chi connectivity index (χ3n) is 2.14. The molecule has 68 valence electrons. The van der Waals surface area contributed by atoms with Crippen LogP contribution >= 0.6 is 0 Å². The lowest BCUT2D eigenvalue weighted by Gasteiger charge is -2.18. The predicted molar refractivity (Wildman–Crippen MR) is 53.3 cm³/mol. The van der Waals surface area contributed by atoms with Gasteiger partial charge in [0.05, 0.1) is 0 Å². The molecule has 0 aliphatic rings. The van der Waals surface area contributed by atoms with Crippen LogP contribution in [0.4, 0.5) is 0 Å². The van der Waals surface area contributed by atoms with Gasteiger partial charge in [0.15, 0.2) is 0 Å². The standard InChI is InChI=1S/C10H13N3/c1-10(2,11)8-5-7-3-4-12-9(7)13-6-8/h3-6H,11H2,1-2H3,(H,12,13). The number of hydrogen-bond donors (Lipinski definition) is 2. The minimum absolute atomic E-state index is 0.321. The zero-order valence-electron chi connectivity index (χ0n) is 7.83. The second-order valence-corrected chi connectivity index (χ2v) is 3.86. The maximum atomic E-state index is 5.97. The zero-order chi connectivity index (χ0) is 9.47. The van der Waals surface area contributed by atoms with Gasteiger partial charge in [0.2, 0.25) is 0 Å². The molecule has 3 nitrogen and oxygen atoms in total. The largest absolute Gasteiger partial charge is 0.346 e. The smallest absolute Gasteiger partial charge is 0.137 e. The summed E-state index contributed by atoms with van der Waals surface area (Å²) < 4.78 is 0. The van der Waals surface area contributed by atoms with Crippen molar-refractivity contribution in [1.29, 1.82) is 0 Å². The molecule has 0 spiro atoms. The van der Waals surface area contributed by atoms with Crippen LogP contribution in [0.25, 0.3) is 11.0 Å². The lowest BCUT2D eigenvalue weighted by atomic mass is 9.97. The molecule has 0 aliphatic carbocycles. The van der Waals surface area contributed by atoms with Crippen molar-refractivity contribution in [2.24, 2.45) is 5.73 Å². The van der Waals surface area contributed by atoms with E-state index in [1.54, 1.807) is 0 Å². The van der Waals surface area contributed by atoms with Gasteiger partial charge in [0.25, 0.3) is 0 Å². The topological polar surface area (TPSA) is 54.7 Å². The minimum atomic E-state index is -0.321. The van der Waals surface area contributed by atoms with E-state index in [1.165, 1.54) is 0 Å². The van der Waals surface area contributed by atoms with Crippen molar-refractivity contribution in [1.82, 2.24) is 9.97 Å². The summed E-state index contributed by atoms with van der Waals surface area (Å²) in [6.45, 7) is 3.95. The van der Waals surface area contributed by atoms with Crippen molar-refractivity contribution in [2.75, 3.05) is 0 Å². The molecular formula is C10H13N3. The van der Waals surface area contributed by atoms with Crippen LogP contribution in [0, 0.1) is 0 Å². The Bertz CT molecular complexity index is 423. The molecule has 0 unspecified atom stereocenters. The highest BCUT2D eigenvalue weighted by Crippen LogP contribution is 2.19. The Morgan fingerprint density at radius 3 is 2.92 bits per heavy atom. The van der Waals surface area contributed by atoms with Gasteiger partial charge in [-0.2, -0.15) is 0 Å². The number of nitrogens with one attached hydrogen (secondary N) is 1. The highest BCUT2D eigenvalue weighted by molar-refractivity contribution is 5.75. The molecule has 13 heavy (non-hydrogen) atoms. The van der Waals surface area contributed by atoms with Gasteiger partial charge in [0, 0.05) is 23.3 Å². The molecule has 3 N–H and O–H groups in total. The Hall–Kier alpha value is -1.35. The molecule has 3 heteroatoms. The van der Waals surface area contributed by atoms with Crippen LogP contribution in [0.3, 0.4) is 0 Å². The van der Waals surface area contributed by atoms with E-state index >= 15 is 0 Å². The van der Waals surface area contributed by atoms with Crippen LogP contribution in [0.1, 0.15) is 19.4 Å². The molecule has 0 aliphatic heterocycles. The van der Waals surface area contributed by atoms with Gasteiger partial charge >= 0.3 is 0 Å². The normalized spacial score (nSPS) is 12.2. The number of fused-ring (bicyclic) bond motifs is 1. The molecule has 0 amide bonds. The minimum Gasteiger partial charge on any atom is -0.346 e. The van der Waals surface area contributed by atoms with Gasteiger partial charge in [0.1, 0.15) is 5.65 Å². The molecule has 2 rings (SSSR count). The third-order valence-corrected chi connectivity index (χ3v) is 2.14. The van der Waals surface area contributed by atoms with E-state index in [0.29, 0.717) is 0 Å². The summed E-state index contributed by atoms with van der Waals surface area (Å²) in [5, 5.41) is 1.11. The zero-order valence-corrected chi connectivity index (χ0v) is 7.83. The number of hydrogen-bond acceptors (Lipinski definition) is 2. The van der Waals surface area contributed by atoms with Gasteiger partial charge in [-0.1, -0.05) is 0 Å². The lowest BCUT2D eigenvalue weighted by Crippen LogP contribution is -2.28. The molecular weight excluding hydrogens is 162 g/mol. The first kappa shape index (κ1) is 8.26. The summed E-state index contributed by atoms with van der Waals surface area (Å²) in [5.74, 6) is 0.